The van der Waals surface area contributed by atoms with Crippen molar-refractivity contribution < 1.29 is 17.9 Å². The van der Waals surface area contributed by atoms with Gasteiger partial charge in [-0.05, 0) is 49.9 Å². The molecule has 2 heterocycles. The van der Waals surface area contributed by atoms with Gasteiger partial charge in [-0.25, -0.2) is 8.42 Å². The number of H-pyrrole nitrogens is 1. The van der Waals surface area contributed by atoms with Gasteiger partial charge in [-0.3, -0.25) is 9.89 Å². The van der Waals surface area contributed by atoms with Crippen LogP contribution >= 0.6 is 0 Å². The number of nitrogens with one attached hydrogen (secondary N) is 2. The fourth-order valence-electron chi connectivity index (χ4n) is 3.36. The van der Waals surface area contributed by atoms with Gasteiger partial charge in [0.15, 0.2) is 0 Å². The van der Waals surface area contributed by atoms with Crippen LogP contribution < -0.4 is 10.1 Å². The average Bonchev–Trinajstić information content (AvgIpc) is 3.39. The normalized spacial score (nSPS) is 18.0. The highest BCUT2D eigenvalue weighted by Crippen LogP contribution is 2.32. The van der Waals surface area contributed by atoms with E-state index >= 15 is 0 Å². The summed E-state index contributed by atoms with van der Waals surface area (Å²) < 4.78 is 33.1. The van der Waals surface area contributed by atoms with Gasteiger partial charge < -0.3 is 10.1 Å². The summed E-state index contributed by atoms with van der Waals surface area (Å²) in [5.41, 5.74) is 1.48. The lowest BCUT2D eigenvalue weighted by Crippen LogP contribution is -2.35. The predicted molar refractivity (Wildman–Crippen MR) is 104 cm³/mol. The van der Waals surface area contributed by atoms with Crippen molar-refractivity contribution in [1.82, 2.24) is 19.8 Å². The van der Waals surface area contributed by atoms with Gasteiger partial charge in [-0.15, -0.1) is 0 Å². The van der Waals surface area contributed by atoms with Crippen LogP contribution in [-0.2, 0) is 10.0 Å². The molecule has 2 fully saturated rings. The maximum atomic E-state index is 13.1. The molecule has 4 rings (SSSR count). The zero-order chi connectivity index (χ0) is 19.7. The maximum Gasteiger partial charge on any atom is 0.269 e. The molecule has 1 aliphatic carbocycles. The van der Waals surface area contributed by atoms with Gasteiger partial charge in [-0.2, -0.15) is 9.40 Å². The third-order valence-electron chi connectivity index (χ3n) is 5.13. The molecule has 0 spiro atoms. The monoisotopic (exact) mass is 404 g/mol. The van der Waals surface area contributed by atoms with Crippen LogP contribution in [0, 0.1) is 0 Å². The summed E-state index contributed by atoms with van der Waals surface area (Å²) >= 11 is 0. The van der Waals surface area contributed by atoms with Gasteiger partial charge >= 0.3 is 0 Å². The number of carbonyl (C=O) groups is 1. The van der Waals surface area contributed by atoms with Gasteiger partial charge in [0, 0.05) is 24.7 Å². The van der Waals surface area contributed by atoms with E-state index in [1.54, 1.807) is 24.3 Å². The Kier molecular flexibility index (Phi) is 5.11. The highest BCUT2D eigenvalue weighted by molar-refractivity contribution is 7.89. The summed E-state index contributed by atoms with van der Waals surface area (Å²) in [5, 5.41) is 9.82. The Morgan fingerprint density at radius 3 is 2.64 bits per heavy atom. The van der Waals surface area contributed by atoms with Crippen LogP contribution in [0.4, 0.5) is 0 Å². The largest absolute Gasteiger partial charge is 0.495 e. The van der Waals surface area contributed by atoms with Gasteiger partial charge in [0.25, 0.3) is 5.91 Å². The summed E-state index contributed by atoms with van der Waals surface area (Å²) in [7, 11) is -2.20. The van der Waals surface area contributed by atoms with Gasteiger partial charge in [0.05, 0.1) is 12.8 Å². The lowest BCUT2D eigenvalue weighted by Gasteiger charge is -2.26. The summed E-state index contributed by atoms with van der Waals surface area (Å²) in [4.78, 5) is 12.3. The number of hydrogen-bond acceptors (Lipinski definition) is 5. The lowest BCUT2D eigenvalue weighted by atomic mass is 10.1. The molecule has 1 aromatic heterocycles. The molecule has 28 heavy (non-hydrogen) atoms. The number of hydrogen-bond donors (Lipinski definition) is 2. The summed E-state index contributed by atoms with van der Waals surface area (Å²) in [5.74, 6) is 0.104. The van der Waals surface area contributed by atoms with E-state index in [4.69, 9.17) is 4.74 Å². The van der Waals surface area contributed by atoms with E-state index in [1.807, 2.05) is 0 Å². The number of ether oxygens (including phenoxy) is 1. The topological polar surface area (TPSA) is 104 Å². The Labute approximate surface area is 164 Å². The van der Waals surface area contributed by atoms with Crippen molar-refractivity contribution in [3.05, 3.63) is 30.0 Å². The third kappa shape index (κ3) is 3.77. The van der Waals surface area contributed by atoms with Crippen LogP contribution in [-0.4, -0.2) is 55.1 Å². The Bertz CT molecular complexity index is 976. The van der Waals surface area contributed by atoms with Crippen molar-refractivity contribution in [2.75, 3.05) is 20.2 Å². The first kappa shape index (κ1) is 18.9. The fourth-order valence-corrected chi connectivity index (χ4v) is 5.06. The van der Waals surface area contributed by atoms with Crippen LogP contribution in [0.15, 0.2) is 29.2 Å². The van der Waals surface area contributed by atoms with E-state index in [9.17, 15) is 13.2 Å². The number of amides is 1. The second-order valence-corrected chi connectivity index (χ2v) is 9.15. The molecule has 1 saturated carbocycles. The minimum absolute atomic E-state index is 0.126. The number of carbonyl (C=O) groups excluding carboxylic acids is 1. The Hall–Kier alpha value is -2.39. The summed E-state index contributed by atoms with van der Waals surface area (Å²) in [6.45, 7) is 1.03. The number of nitrogens with zero attached hydrogens (tertiary/aromatic N) is 2. The molecular formula is C19H24N4O4S. The molecule has 1 aliphatic heterocycles. The van der Waals surface area contributed by atoms with Crippen molar-refractivity contribution >= 4 is 15.9 Å². The first-order valence-electron chi connectivity index (χ1n) is 9.54. The van der Waals surface area contributed by atoms with Crippen LogP contribution in [0.5, 0.6) is 5.75 Å². The minimum atomic E-state index is -3.66. The first-order valence-corrected chi connectivity index (χ1v) is 11.0. The van der Waals surface area contributed by atoms with E-state index in [0.717, 1.165) is 32.1 Å². The van der Waals surface area contributed by atoms with Gasteiger partial charge in [-0.1, -0.05) is 6.42 Å². The number of rotatable bonds is 6. The van der Waals surface area contributed by atoms with Crippen molar-refractivity contribution in [3.8, 4) is 17.0 Å². The highest BCUT2D eigenvalue weighted by Gasteiger charge is 2.30. The SMILES string of the molecule is COc1ccc(-c2cc(C(=O)NC3CC3)[nH]n2)cc1S(=O)(=O)N1CCCCC1. The highest BCUT2D eigenvalue weighted by atomic mass is 32.2. The van der Waals surface area contributed by atoms with E-state index in [1.165, 1.54) is 11.4 Å². The average molecular weight is 404 g/mol. The molecule has 0 unspecified atom stereocenters. The first-order chi connectivity index (χ1) is 13.5. The maximum absolute atomic E-state index is 13.1. The smallest absolute Gasteiger partial charge is 0.269 e. The number of sulfonamides is 1. The molecule has 2 aromatic rings. The quantitative estimate of drug-likeness (QED) is 0.768. The molecule has 1 saturated heterocycles. The van der Waals surface area contributed by atoms with Gasteiger partial charge in [0.1, 0.15) is 16.3 Å². The molecule has 0 radical (unpaired) electrons. The second kappa shape index (κ2) is 7.56. The third-order valence-corrected chi connectivity index (χ3v) is 7.05. The van der Waals surface area contributed by atoms with E-state index in [-0.39, 0.29) is 16.8 Å². The molecule has 1 aromatic carbocycles. The van der Waals surface area contributed by atoms with Gasteiger partial charge in [0.2, 0.25) is 10.0 Å². The van der Waals surface area contributed by atoms with E-state index in [0.29, 0.717) is 35.8 Å². The Morgan fingerprint density at radius 2 is 1.96 bits per heavy atom. The van der Waals surface area contributed by atoms with E-state index in [2.05, 4.69) is 15.5 Å². The molecular weight excluding hydrogens is 380 g/mol. The van der Waals surface area contributed by atoms with Crippen LogP contribution in [0.25, 0.3) is 11.3 Å². The molecule has 2 aliphatic rings. The molecule has 1 amide bonds. The fraction of sp³-hybridized carbons (Fsp3) is 0.474. The molecule has 150 valence electrons. The van der Waals surface area contributed by atoms with Crippen molar-refractivity contribution in [3.63, 3.8) is 0 Å². The molecule has 9 heteroatoms. The van der Waals surface area contributed by atoms with E-state index < -0.39 is 10.0 Å². The molecule has 0 bridgehead atoms. The number of piperidine rings is 1. The van der Waals surface area contributed by atoms with Crippen LogP contribution in [0.2, 0.25) is 0 Å². The minimum Gasteiger partial charge on any atom is -0.495 e. The Balaban J connectivity index is 1.65. The van der Waals surface area contributed by atoms with Crippen molar-refractivity contribution in [2.45, 2.75) is 43.0 Å². The Morgan fingerprint density at radius 1 is 1.21 bits per heavy atom. The predicted octanol–water partition coefficient (Wildman–Crippen LogP) is 2.15. The number of aromatic nitrogens is 2. The van der Waals surface area contributed by atoms with Crippen molar-refractivity contribution in [1.29, 1.82) is 0 Å². The van der Waals surface area contributed by atoms with Crippen LogP contribution in [0.1, 0.15) is 42.6 Å². The number of aromatic amines is 1. The van der Waals surface area contributed by atoms with Crippen LogP contribution in [0.3, 0.4) is 0 Å². The standard InChI is InChI=1S/C19H24N4O4S/c1-27-17-8-5-13(11-18(17)28(25,26)23-9-3-2-4-10-23)15-12-16(22-21-15)19(24)20-14-6-7-14/h5,8,11-12,14H,2-4,6-7,9-10H2,1H3,(H,20,24)(H,21,22). The molecule has 2 N–H and O–H groups in total. The molecule has 8 nitrogen and oxygen atoms in total. The zero-order valence-corrected chi connectivity index (χ0v) is 16.6. The summed E-state index contributed by atoms with van der Waals surface area (Å²) in [6.07, 6.45) is 4.77. The number of benzene rings is 1. The number of methoxy groups -OCH3 is 1. The second-order valence-electron chi connectivity index (χ2n) is 7.24. The zero-order valence-electron chi connectivity index (χ0n) is 15.8. The lowest BCUT2D eigenvalue weighted by molar-refractivity contribution is 0.0946. The van der Waals surface area contributed by atoms with Crippen molar-refractivity contribution in [2.24, 2.45) is 0 Å². The summed E-state index contributed by atoms with van der Waals surface area (Å²) in [6, 6.07) is 6.83. The molecule has 0 atom stereocenters.